The molecule has 2 heterocycles. The normalized spacial score (nSPS) is 17.2. The number of fused-ring (bicyclic) bond motifs is 1. The molecule has 1 atom stereocenters. The predicted molar refractivity (Wildman–Crippen MR) is 91.9 cm³/mol. The first kappa shape index (κ1) is 16.8. The minimum Gasteiger partial charge on any atom is -0.440 e. The van der Waals surface area contributed by atoms with Crippen molar-refractivity contribution in [3.8, 4) is 0 Å². The van der Waals surface area contributed by atoms with Gasteiger partial charge >= 0.3 is 6.03 Å². The van der Waals surface area contributed by atoms with Crippen molar-refractivity contribution in [2.75, 3.05) is 19.7 Å². The zero-order valence-electron chi connectivity index (χ0n) is 14.1. The molecule has 0 spiro atoms. The van der Waals surface area contributed by atoms with Gasteiger partial charge < -0.3 is 19.7 Å². The Labute approximate surface area is 141 Å². The average Bonchev–Trinajstić information content (AvgIpc) is 3.04. The molecule has 0 aliphatic carbocycles. The van der Waals surface area contributed by atoms with E-state index < -0.39 is 0 Å². The van der Waals surface area contributed by atoms with Crippen LogP contribution < -0.4 is 5.32 Å². The van der Waals surface area contributed by atoms with Crippen molar-refractivity contribution < 1.29 is 14.3 Å². The number of hydrogen-bond acceptors (Lipinski definition) is 4. The van der Waals surface area contributed by atoms with Crippen LogP contribution in [-0.2, 0) is 0 Å². The van der Waals surface area contributed by atoms with Crippen LogP contribution in [0.25, 0.3) is 11.1 Å². The fourth-order valence-corrected chi connectivity index (χ4v) is 3.17. The third-order valence-corrected chi connectivity index (χ3v) is 4.61. The number of para-hydroxylation sites is 2. The van der Waals surface area contributed by atoms with Crippen LogP contribution in [-0.4, -0.2) is 46.8 Å². The number of carbonyl (C=O) groups is 1. The van der Waals surface area contributed by atoms with Gasteiger partial charge in [-0.15, -0.1) is 0 Å². The van der Waals surface area contributed by atoms with E-state index in [1.165, 1.54) is 0 Å². The number of aliphatic hydroxyl groups excluding tert-OH is 1. The molecule has 2 N–H and O–H groups in total. The van der Waals surface area contributed by atoms with Gasteiger partial charge in [0.05, 0.1) is 0 Å². The van der Waals surface area contributed by atoms with Crippen LogP contribution in [0, 0.1) is 0 Å². The summed E-state index contributed by atoms with van der Waals surface area (Å²) in [6, 6.07) is 7.86. The molecule has 1 aliphatic heterocycles. The zero-order valence-corrected chi connectivity index (χ0v) is 14.1. The van der Waals surface area contributed by atoms with Crippen LogP contribution in [0.2, 0.25) is 0 Å². The first-order valence-corrected chi connectivity index (χ1v) is 8.69. The summed E-state index contributed by atoms with van der Waals surface area (Å²) in [6.07, 6.45) is 3.24. The minimum atomic E-state index is -0.0172. The first-order chi connectivity index (χ1) is 11.7. The van der Waals surface area contributed by atoms with Crippen LogP contribution >= 0.6 is 0 Å². The van der Waals surface area contributed by atoms with Crippen LogP contribution in [0.3, 0.4) is 0 Å². The maximum Gasteiger partial charge on any atom is 0.317 e. The molecule has 130 valence electrons. The number of benzene rings is 1. The Hall–Kier alpha value is -2.08. The van der Waals surface area contributed by atoms with Gasteiger partial charge in [-0.3, -0.25) is 0 Å². The lowest BCUT2D eigenvalue weighted by atomic mass is 9.97. The summed E-state index contributed by atoms with van der Waals surface area (Å²) in [5, 5.41) is 11.8. The zero-order chi connectivity index (χ0) is 16.9. The molecule has 1 aliphatic rings. The van der Waals surface area contributed by atoms with Crippen molar-refractivity contribution in [2.24, 2.45) is 0 Å². The summed E-state index contributed by atoms with van der Waals surface area (Å²) in [6.45, 7) is 3.55. The number of urea groups is 1. The van der Waals surface area contributed by atoms with Crippen molar-refractivity contribution in [1.29, 1.82) is 0 Å². The summed E-state index contributed by atoms with van der Waals surface area (Å²) >= 11 is 0. The maximum atomic E-state index is 12.3. The summed E-state index contributed by atoms with van der Waals surface area (Å²) in [5.74, 6) is 1.06. The third-order valence-electron chi connectivity index (χ3n) is 4.61. The lowest BCUT2D eigenvalue weighted by molar-refractivity contribution is 0.173. The topological polar surface area (TPSA) is 78.6 Å². The Kier molecular flexibility index (Phi) is 5.35. The molecule has 0 saturated carbocycles. The van der Waals surface area contributed by atoms with Crippen LogP contribution in [0.5, 0.6) is 0 Å². The highest BCUT2D eigenvalue weighted by Crippen LogP contribution is 2.29. The maximum absolute atomic E-state index is 12.3. The van der Waals surface area contributed by atoms with Gasteiger partial charge in [0.25, 0.3) is 0 Å². The van der Waals surface area contributed by atoms with Gasteiger partial charge in [-0.25, -0.2) is 9.78 Å². The van der Waals surface area contributed by atoms with Gasteiger partial charge in [0, 0.05) is 31.7 Å². The number of carbonyl (C=O) groups excluding carboxylic acids is 1. The van der Waals surface area contributed by atoms with Gasteiger partial charge in [0.2, 0.25) is 0 Å². The van der Waals surface area contributed by atoms with Crippen molar-refractivity contribution in [2.45, 2.75) is 44.6 Å². The van der Waals surface area contributed by atoms with Gasteiger partial charge in [-0.2, -0.15) is 0 Å². The Morgan fingerprint density at radius 2 is 2.17 bits per heavy atom. The molecule has 1 aromatic heterocycles. The highest BCUT2D eigenvalue weighted by atomic mass is 16.3. The molecular weight excluding hydrogens is 306 g/mol. The Morgan fingerprint density at radius 3 is 2.88 bits per heavy atom. The fourth-order valence-electron chi connectivity index (χ4n) is 3.17. The number of piperidine rings is 1. The molecule has 0 radical (unpaired) electrons. The largest absolute Gasteiger partial charge is 0.440 e. The SMILES string of the molecule is CC(CCCO)NC(=O)N1CCC(c2nc3ccccc3o2)CC1. The second-order valence-electron chi connectivity index (χ2n) is 6.50. The Bertz CT molecular complexity index is 644. The molecule has 0 bridgehead atoms. The van der Waals surface area contributed by atoms with Gasteiger partial charge in [-0.1, -0.05) is 12.1 Å². The number of amides is 2. The molecule has 3 rings (SSSR count). The second-order valence-corrected chi connectivity index (χ2v) is 6.50. The number of hydrogen-bond donors (Lipinski definition) is 2. The van der Waals surface area contributed by atoms with Crippen LogP contribution in [0.15, 0.2) is 28.7 Å². The summed E-state index contributed by atoms with van der Waals surface area (Å²) in [5.41, 5.74) is 1.72. The van der Waals surface area contributed by atoms with E-state index >= 15 is 0 Å². The van der Waals surface area contributed by atoms with Crippen LogP contribution in [0.4, 0.5) is 4.79 Å². The van der Waals surface area contributed by atoms with E-state index in [2.05, 4.69) is 10.3 Å². The summed E-state index contributed by atoms with van der Waals surface area (Å²) in [4.78, 5) is 18.7. The number of rotatable bonds is 5. The number of aliphatic hydroxyl groups is 1. The van der Waals surface area contributed by atoms with E-state index in [9.17, 15) is 4.79 Å². The minimum absolute atomic E-state index is 0.0172. The van der Waals surface area contributed by atoms with Gasteiger partial charge in [0.15, 0.2) is 11.5 Å². The number of aromatic nitrogens is 1. The second kappa shape index (κ2) is 7.66. The number of likely N-dealkylation sites (tertiary alicyclic amines) is 1. The smallest absolute Gasteiger partial charge is 0.317 e. The molecule has 2 amide bonds. The molecule has 6 nitrogen and oxygen atoms in total. The third kappa shape index (κ3) is 3.87. The highest BCUT2D eigenvalue weighted by Gasteiger charge is 2.27. The molecule has 1 unspecified atom stereocenters. The van der Waals surface area contributed by atoms with E-state index in [0.717, 1.165) is 36.3 Å². The van der Waals surface area contributed by atoms with Gasteiger partial charge in [-0.05, 0) is 44.7 Å². The lowest BCUT2D eigenvalue weighted by Gasteiger charge is -2.31. The fraction of sp³-hybridized carbons (Fsp3) is 0.556. The van der Waals surface area contributed by atoms with Crippen LogP contribution in [0.1, 0.15) is 44.4 Å². The first-order valence-electron chi connectivity index (χ1n) is 8.69. The Morgan fingerprint density at radius 1 is 1.42 bits per heavy atom. The highest BCUT2D eigenvalue weighted by molar-refractivity contribution is 5.74. The molecular formula is C18H25N3O3. The molecule has 24 heavy (non-hydrogen) atoms. The number of nitrogens with one attached hydrogen (secondary N) is 1. The molecule has 2 aromatic rings. The lowest BCUT2D eigenvalue weighted by Crippen LogP contribution is -2.47. The summed E-state index contributed by atoms with van der Waals surface area (Å²) < 4.78 is 5.86. The van der Waals surface area contributed by atoms with Crippen molar-refractivity contribution in [3.63, 3.8) is 0 Å². The van der Waals surface area contributed by atoms with E-state index in [0.29, 0.717) is 19.5 Å². The van der Waals surface area contributed by atoms with Crippen molar-refractivity contribution >= 4 is 17.1 Å². The average molecular weight is 331 g/mol. The predicted octanol–water partition coefficient (Wildman–Crippen LogP) is 2.88. The van der Waals surface area contributed by atoms with E-state index in [1.807, 2.05) is 36.1 Å². The number of nitrogens with zero attached hydrogens (tertiary/aromatic N) is 2. The molecule has 1 fully saturated rings. The van der Waals surface area contributed by atoms with E-state index in [-0.39, 0.29) is 24.6 Å². The number of oxazole rings is 1. The van der Waals surface area contributed by atoms with Crippen molar-refractivity contribution in [3.05, 3.63) is 30.2 Å². The standard InChI is InChI=1S/C18H25N3O3/c1-13(5-4-12-22)19-18(23)21-10-8-14(9-11-21)17-20-15-6-2-3-7-16(15)24-17/h2-3,6-7,13-14,22H,4-5,8-12H2,1H3,(H,19,23). The Balaban J connectivity index is 1.52. The monoisotopic (exact) mass is 331 g/mol. The van der Waals surface area contributed by atoms with Gasteiger partial charge in [0.1, 0.15) is 5.52 Å². The summed E-state index contributed by atoms with van der Waals surface area (Å²) in [7, 11) is 0. The molecule has 6 heteroatoms. The van der Waals surface area contributed by atoms with E-state index in [4.69, 9.17) is 9.52 Å². The van der Waals surface area contributed by atoms with E-state index in [1.54, 1.807) is 0 Å². The quantitative estimate of drug-likeness (QED) is 0.883. The van der Waals surface area contributed by atoms with Crippen molar-refractivity contribution in [1.82, 2.24) is 15.2 Å². The molecule has 1 aromatic carbocycles. The molecule has 1 saturated heterocycles.